The molecule has 6 nitrogen and oxygen atoms in total. The number of benzene rings is 2. The van der Waals surface area contributed by atoms with Crippen molar-refractivity contribution < 1.29 is 22.7 Å². The highest BCUT2D eigenvalue weighted by Gasteiger charge is 2.34. The standard InChI is InChI=1S/C25H25F3N4O2/c26-25(27,28)20-7-3-4-8-22(20)34-17-24(33)29-19-11-9-18(10-12-19)21-13-14-23(31-30-21)32-15-5-1-2-6-16-32/h3-4,7-14H,1-2,5-6,15-17H2,(H,29,33). The summed E-state index contributed by atoms with van der Waals surface area (Å²) >= 11 is 0. The molecule has 0 aliphatic carbocycles. The van der Waals surface area contributed by atoms with Crippen molar-refractivity contribution in [2.45, 2.75) is 31.9 Å². The van der Waals surface area contributed by atoms with E-state index < -0.39 is 24.3 Å². The molecule has 4 rings (SSSR count). The van der Waals surface area contributed by atoms with Crippen LogP contribution in [-0.2, 0) is 11.0 Å². The first kappa shape index (κ1) is 23.5. The number of rotatable bonds is 6. The molecule has 0 bridgehead atoms. The van der Waals surface area contributed by atoms with Crippen LogP contribution in [-0.4, -0.2) is 35.8 Å². The SMILES string of the molecule is O=C(COc1ccccc1C(F)(F)F)Nc1ccc(-c2ccc(N3CCCCCC3)nn2)cc1. The molecule has 1 aliphatic heterocycles. The molecule has 0 saturated carbocycles. The summed E-state index contributed by atoms with van der Waals surface area (Å²) in [6.07, 6.45) is 0.264. The van der Waals surface area contributed by atoms with Gasteiger partial charge in [-0.05, 0) is 49.2 Å². The third-order valence-electron chi connectivity index (χ3n) is 5.60. The maximum Gasteiger partial charge on any atom is 0.419 e. The molecule has 0 atom stereocenters. The van der Waals surface area contributed by atoms with Crippen LogP contribution >= 0.6 is 0 Å². The molecule has 0 spiro atoms. The Morgan fingerprint density at radius 2 is 1.62 bits per heavy atom. The maximum absolute atomic E-state index is 13.0. The van der Waals surface area contributed by atoms with E-state index in [0.29, 0.717) is 11.4 Å². The topological polar surface area (TPSA) is 67.3 Å². The zero-order chi connectivity index (χ0) is 24.0. The highest BCUT2D eigenvalue weighted by molar-refractivity contribution is 5.92. The summed E-state index contributed by atoms with van der Waals surface area (Å²) < 4.78 is 44.2. The first-order valence-corrected chi connectivity index (χ1v) is 11.2. The summed E-state index contributed by atoms with van der Waals surface area (Å²) in [7, 11) is 0. The monoisotopic (exact) mass is 470 g/mol. The zero-order valence-electron chi connectivity index (χ0n) is 18.5. The molecule has 0 radical (unpaired) electrons. The van der Waals surface area contributed by atoms with Crippen LogP contribution in [0.3, 0.4) is 0 Å². The number of amides is 1. The van der Waals surface area contributed by atoms with Crippen LogP contribution in [0.15, 0.2) is 60.7 Å². The lowest BCUT2D eigenvalue weighted by atomic mass is 10.1. The molecule has 34 heavy (non-hydrogen) atoms. The molecule has 1 saturated heterocycles. The molecule has 2 aromatic carbocycles. The van der Waals surface area contributed by atoms with Crippen LogP contribution in [0.4, 0.5) is 24.7 Å². The molecule has 0 unspecified atom stereocenters. The highest BCUT2D eigenvalue weighted by atomic mass is 19.4. The van der Waals surface area contributed by atoms with Gasteiger partial charge in [0.05, 0.1) is 11.3 Å². The van der Waals surface area contributed by atoms with Crippen LogP contribution in [0.25, 0.3) is 11.3 Å². The van der Waals surface area contributed by atoms with Crippen molar-refractivity contribution in [1.29, 1.82) is 0 Å². The number of anilines is 2. The molecule has 178 valence electrons. The van der Waals surface area contributed by atoms with Gasteiger partial charge in [-0.15, -0.1) is 10.2 Å². The minimum absolute atomic E-state index is 0.386. The number of carbonyl (C=O) groups excluding carboxylic acids is 1. The molecule has 1 amide bonds. The van der Waals surface area contributed by atoms with Gasteiger partial charge < -0.3 is 15.0 Å². The molecule has 1 fully saturated rings. The van der Waals surface area contributed by atoms with Crippen LogP contribution in [0, 0.1) is 0 Å². The van der Waals surface area contributed by atoms with Gasteiger partial charge in [0.15, 0.2) is 12.4 Å². The Morgan fingerprint density at radius 1 is 0.912 bits per heavy atom. The number of nitrogens with zero attached hydrogens (tertiary/aromatic N) is 3. The van der Waals surface area contributed by atoms with Crippen molar-refractivity contribution in [2.24, 2.45) is 0 Å². The zero-order valence-corrected chi connectivity index (χ0v) is 18.5. The number of hydrogen-bond acceptors (Lipinski definition) is 5. The van der Waals surface area contributed by atoms with E-state index in [1.807, 2.05) is 12.1 Å². The van der Waals surface area contributed by atoms with Gasteiger partial charge in [0.2, 0.25) is 0 Å². The van der Waals surface area contributed by atoms with Gasteiger partial charge in [0, 0.05) is 24.3 Å². The summed E-state index contributed by atoms with van der Waals surface area (Å²) in [4.78, 5) is 14.4. The minimum Gasteiger partial charge on any atom is -0.483 e. The van der Waals surface area contributed by atoms with E-state index >= 15 is 0 Å². The molecule has 1 aliphatic rings. The summed E-state index contributed by atoms with van der Waals surface area (Å²) in [5, 5.41) is 11.3. The molecular formula is C25H25F3N4O2. The lowest BCUT2D eigenvalue weighted by Crippen LogP contribution is -2.25. The summed E-state index contributed by atoms with van der Waals surface area (Å²) in [6, 6.07) is 15.7. The second kappa shape index (κ2) is 10.5. The van der Waals surface area contributed by atoms with Crippen LogP contribution < -0.4 is 15.0 Å². The van der Waals surface area contributed by atoms with Gasteiger partial charge in [-0.2, -0.15) is 13.2 Å². The summed E-state index contributed by atoms with van der Waals surface area (Å²) in [6.45, 7) is 1.44. The fourth-order valence-corrected chi connectivity index (χ4v) is 3.84. The lowest BCUT2D eigenvalue weighted by Gasteiger charge is -2.20. The van der Waals surface area contributed by atoms with E-state index in [1.54, 1.807) is 24.3 Å². The maximum atomic E-state index is 13.0. The van der Waals surface area contributed by atoms with Crippen LogP contribution in [0.1, 0.15) is 31.2 Å². The van der Waals surface area contributed by atoms with Crippen molar-refractivity contribution in [2.75, 3.05) is 29.9 Å². The Kier molecular flexibility index (Phi) is 7.30. The second-order valence-electron chi connectivity index (χ2n) is 8.09. The average Bonchev–Trinajstić information content (AvgIpc) is 3.13. The van der Waals surface area contributed by atoms with E-state index in [9.17, 15) is 18.0 Å². The third-order valence-corrected chi connectivity index (χ3v) is 5.60. The van der Waals surface area contributed by atoms with Crippen LogP contribution in [0.5, 0.6) is 5.75 Å². The first-order chi connectivity index (χ1) is 16.4. The molecular weight excluding hydrogens is 445 g/mol. The number of hydrogen-bond donors (Lipinski definition) is 1. The summed E-state index contributed by atoms with van der Waals surface area (Å²) in [5.74, 6) is -0.0735. The molecule has 9 heteroatoms. The Balaban J connectivity index is 1.34. The number of aromatic nitrogens is 2. The van der Waals surface area contributed by atoms with Crippen molar-refractivity contribution in [3.8, 4) is 17.0 Å². The third kappa shape index (κ3) is 6.03. The Labute approximate surface area is 195 Å². The number of nitrogens with one attached hydrogen (secondary N) is 1. The van der Waals surface area contributed by atoms with Crippen molar-refractivity contribution in [3.05, 3.63) is 66.2 Å². The van der Waals surface area contributed by atoms with Gasteiger partial charge in [-0.3, -0.25) is 4.79 Å². The predicted octanol–water partition coefficient (Wildman–Crippen LogP) is 5.56. The Morgan fingerprint density at radius 3 is 2.26 bits per heavy atom. The number of carbonyl (C=O) groups is 1. The smallest absolute Gasteiger partial charge is 0.419 e. The normalized spacial score (nSPS) is 14.4. The van der Waals surface area contributed by atoms with E-state index in [4.69, 9.17) is 4.74 Å². The lowest BCUT2D eigenvalue weighted by molar-refractivity contribution is -0.139. The molecule has 1 aromatic heterocycles. The van der Waals surface area contributed by atoms with E-state index in [2.05, 4.69) is 20.4 Å². The quantitative estimate of drug-likeness (QED) is 0.511. The first-order valence-electron chi connectivity index (χ1n) is 11.2. The fourth-order valence-electron chi connectivity index (χ4n) is 3.84. The number of ether oxygens (including phenoxy) is 1. The average molecular weight is 470 g/mol. The molecule has 1 N–H and O–H groups in total. The number of alkyl halides is 3. The van der Waals surface area contributed by atoms with Crippen molar-refractivity contribution in [1.82, 2.24) is 10.2 Å². The van der Waals surface area contributed by atoms with E-state index in [1.165, 1.54) is 31.0 Å². The van der Waals surface area contributed by atoms with E-state index in [0.717, 1.165) is 43.4 Å². The van der Waals surface area contributed by atoms with Gasteiger partial charge in [0.1, 0.15) is 5.75 Å². The fraction of sp³-hybridized carbons (Fsp3) is 0.320. The van der Waals surface area contributed by atoms with Crippen molar-refractivity contribution >= 4 is 17.4 Å². The Hall–Kier alpha value is -3.62. The molecule has 2 heterocycles. The second-order valence-corrected chi connectivity index (χ2v) is 8.09. The van der Waals surface area contributed by atoms with Crippen molar-refractivity contribution in [3.63, 3.8) is 0 Å². The summed E-state index contributed by atoms with van der Waals surface area (Å²) in [5.41, 5.74) is 1.12. The van der Waals surface area contributed by atoms with E-state index in [-0.39, 0.29) is 5.75 Å². The highest BCUT2D eigenvalue weighted by Crippen LogP contribution is 2.35. The van der Waals surface area contributed by atoms with Gasteiger partial charge >= 0.3 is 6.18 Å². The predicted molar refractivity (Wildman–Crippen MR) is 124 cm³/mol. The number of para-hydroxylation sites is 1. The minimum atomic E-state index is -4.56. The van der Waals surface area contributed by atoms with Crippen LogP contribution in [0.2, 0.25) is 0 Å². The molecule has 3 aromatic rings. The van der Waals surface area contributed by atoms with Gasteiger partial charge in [0.25, 0.3) is 5.91 Å². The van der Waals surface area contributed by atoms with Gasteiger partial charge in [-0.1, -0.05) is 37.1 Å². The Bertz CT molecular complexity index is 1090. The number of halogens is 3. The van der Waals surface area contributed by atoms with Gasteiger partial charge in [-0.25, -0.2) is 0 Å². The largest absolute Gasteiger partial charge is 0.483 e.